The first-order chi connectivity index (χ1) is 14.3. The van der Waals surface area contributed by atoms with Crippen LogP contribution in [-0.2, 0) is 13.1 Å². The Balaban J connectivity index is 1.31. The summed E-state index contributed by atoms with van der Waals surface area (Å²) in [6.45, 7) is 3.37. The number of nitrogens with one attached hydrogen (secondary N) is 2. The van der Waals surface area contributed by atoms with Gasteiger partial charge in [0.05, 0.1) is 6.54 Å². The lowest BCUT2D eigenvalue weighted by atomic mass is 10.1. The Morgan fingerprint density at radius 2 is 1.79 bits per heavy atom. The molecule has 2 aromatic carbocycles. The molecule has 0 unspecified atom stereocenters. The molecule has 3 aromatic rings. The number of hydrogen-bond donors (Lipinski definition) is 2. The van der Waals surface area contributed by atoms with Crippen LogP contribution in [0, 0.1) is 0 Å². The normalized spacial score (nSPS) is 13.9. The molecular formula is C23H27N5O. The van der Waals surface area contributed by atoms with Crippen LogP contribution in [0.15, 0.2) is 67.0 Å². The highest BCUT2D eigenvalue weighted by molar-refractivity contribution is 5.89. The van der Waals surface area contributed by atoms with Crippen molar-refractivity contribution in [1.82, 2.24) is 15.1 Å². The lowest BCUT2D eigenvalue weighted by molar-refractivity contribution is 0.251. The van der Waals surface area contributed by atoms with Crippen LogP contribution in [0.4, 0.5) is 16.2 Å². The zero-order valence-electron chi connectivity index (χ0n) is 16.6. The Labute approximate surface area is 171 Å². The fraction of sp³-hybridized carbons (Fsp3) is 0.304. The fourth-order valence-corrected chi connectivity index (χ4v) is 3.71. The van der Waals surface area contributed by atoms with Crippen molar-refractivity contribution in [3.8, 4) is 0 Å². The lowest BCUT2D eigenvalue weighted by Crippen LogP contribution is -2.30. The summed E-state index contributed by atoms with van der Waals surface area (Å²) < 4.78 is 1.88. The molecule has 150 valence electrons. The average Bonchev–Trinajstić information content (AvgIpc) is 3.26. The van der Waals surface area contributed by atoms with E-state index in [2.05, 4.69) is 44.9 Å². The van der Waals surface area contributed by atoms with Gasteiger partial charge in [0, 0.05) is 43.4 Å². The molecule has 0 aliphatic carbocycles. The first kappa shape index (κ1) is 19.1. The van der Waals surface area contributed by atoms with E-state index in [0.29, 0.717) is 6.54 Å². The highest BCUT2D eigenvalue weighted by atomic mass is 16.2. The lowest BCUT2D eigenvalue weighted by Gasteiger charge is -2.29. The summed E-state index contributed by atoms with van der Waals surface area (Å²) in [5.41, 5.74) is 4.21. The van der Waals surface area contributed by atoms with Crippen molar-refractivity contribution in [3.05, 3.63) is 78.1 Å². The number of anilines is 2. The Morgan fingerprint density at radius 3 is 2.62 bits per heavy atom. The van der Waals surface area contributed by atoms with Gasteiger partial charge in [-0.2, -0.15) is 5.10 Å². The van der Waals surface area contributed by atoms with Crippen molar-refractivity contribution >= 4 is 17.4 Å². The maximum Gasteiger partial charge on any atom is 0.319 e. The van der Waals surface area contributed by atoms with Gasteiger partial charge in [0.2, 0.25) is 0 Å². The number of amides is 2. The molecule has 0 radical (unpaired) electrons. The van der Waals surface area contributed by atoms with Gasteiger partial charge in [-0.25, -0.2) is 4.79 Å². The Hall–Kier alpha value is -3.28. The maximum absolute atomic E-state index is 12.4. The smallest absolute Gasteiger partial charge is 0.319 e. The number of benzene rings is 2. The largest absolute Gasteiger partial charge is 0.371 e. The molecule has 0 saturated carbocycles. The number of hydrogen-bond acceptors (Lipinski definition) is 3. The molecule has 0 atom stereocenters. The molecule has 1 saturated heterocycles. The second-order valence-electron chi connectivity index (χ2n) is 7.43. The van der Waals surface area contributed by atoms with E-state index >= 15 is 0 Å². The molecule has 2 heterocycles. The van der Waals surface area contributed by atoms with E-state index in [0.717, 1.165) is 36.4 Å². The minimum atomic E-state index is -0.196. The second kappa shape index (κ2) is 9.28. The highest BCUT2D eigenvalue weighted by Crippen LogP contribution is 2.23. The highest BCUT2D eigenvalue weighted by Gasteiger charge is 2.11. The molecule has 2 N–H and O–H groups in total. The van der Waals surface area contributed by atoms with E-state index in [9.17, 15) is 4.79 Å². The van der Waals surface area contributed by atoms with Gasteiger partial charge in [0.15, 0.2) is 0 Å². The van der Waals surface area contributed by atoms with Gasteiger partial charge in [0.1, 0.15) is 0 Å². The molecule has 1 fully saturated rings. The van der Waals surface area contributed by atoms with Crippen LogP contribution >= 0.6 is 0 Å². The first-order valence-electron chi connectivity index (χ1n) is 10.2. The molecule has 29 heavy (non-hydrogen) atoms. The third-order valence-electron chi connectivity index (χ3n) is 5.17. The third kappa shape index (κ3) is 5.38. The van der Waals surface area contributed by atoms with Gasteiger partial charge in [-0.1, -0.05) is 30.3 Å². The molecule has 6 heteroatoms. The summed E-state index contributed by atoms with van der Waals surface area (Å²) in [5, 5.41) is 10.1. The average molecular weight is 390 g/mol. The number of rotatable bonds is 6. The zero-order valence-corrected chi connectivity index (χ0v) is 16.6. The molecule has 2 amide bonds. The minimum absolute atomic E-state index is 0.196. The van der Waals surface area contributed by atoms with Gasteiger partial charge in [-0.05, 0) is 54.7 Å². The summed E-state index contributed by atoms with van der Waals surface area (Å²) in [7, 11) is 0. The van der Waals surface area contributed by atoms with E-state index in [1.807, 2.05) is 41.2 Å². The predicted octanol–water partition coefficient (Wildman–Crippen LogP) is 4.24. The molecule has 1 aliphatic rings. The Bertz CT molecular complexity index is 932. The van der Waals surface area contributed by atoms with Gasteiger partial charge in [-0.15, -0.1) is 0 Å². The predicted molar refractivity (Wildman–Crippen MR) is 116 cm³/mol. The van der Waals surface area contributed by atoms with E-state index in [1.54, 1.807) is 6.20 Å². The van der Waals surface area contributed by atoms with Crippen molar-refractivity contribution in [2.45, 2.75) is 32.4 Å². The summed E-state index contributed by atoms with van der Waals surface area (Å²) in [5.74, 6) is 0. The maximum atomic E-state index is 12.4. The molecular weight excluding hydrogens is 362 g/mol. The Kier molecular flexibility index (Phi) is 6.10. The van der Waals surface area contributed by atoms with Crippen LogP contribution in [0.3, 0.4) is 0 Å². The van der Waals surface area contributed by atoms with Gasteiger partial charge >= 0.3 is 6.03 Å². The summed E-state index contributed by atoms with van der Waals surface area (Å²) in [6.07, 6.45) is 7.49. The zero-order chi connectivity index (χ0) is 19.9. The van der Waals surface area contributed by atoms with Gasteiger partial charge in [-0.3, -0.25) is 4.68 Å². The quantitative estimate of drug-likeness (QED) is 0.663. The molecule has 1 aromatic heterocycles. The third-order valence-corrected chi connectivity index (χ3v) is 5.17. The standard InChI is InChI=1S/C23H27N5O/c29-23(26-21-9-5-10-22(16-21)27-12-2-1-3-13-27)24-17-19-7-4-8-20(15-19)18-28-14-6-11-25-28/h4-11,14-16H,1-3,12-13,17-18H2,(H2,24,26,29). The van der Waals surface area contributed by atoms with E-state index in [-0.39, 0.29) is 6.03 Å². The van der Waals surface area contributed by atoms with Crippen LogP contribution < -0.4 is 15.5 Å². The number of piperidine rings is 1. The summed E-state index contributed by atoms with van der Waals surface area (Å²) in [4.78, 5) is 14.8. The van der Waals surface area contributed by atoms with E-state index < -0.39 is 0 Å². The van der Waals surface area contributed by atoms with Crippen LogP contribution in [-0.4, -0.2) is 28.9 Å². The van der Waals surface area contributed by atoms with Crippen LogP contribution in [0.25, 0.3) is 0 Å². The van der Waals surface area contributed by atoms with Crippen molar-refractivity contribution in [1.29, 1.82) is 0 Å². The number of nitrogens with zero attached hydrogens (tertiary/aromatic N) is 3. The van der Waals surface area contributed by atoms with Crippen LogP contribution in [0.2, 0.25) is 0 Å². The summed E-state index contributed by atoms with van der Waals surface area (Å²) >= 11 is 0. The molecule has 0 spiro atoms. The van der Waals surface area contributed by atoms with Crippen molar-refractivity contribution in [3.63, 3.8) is 0 Å². The van der Waals surface area contributed by atoms with E-state index in [1.165, 1.54) is 24.9 Å². The molecule has 0 bridgehead atoms. The van der Waals surface area contributed by atoms with Crippen LogP contribution in [0.1, 0.15) is 30.4 Å². The fourth-order valence-electron chi connectivity index (χ4n) is 3.71. The monoisotopic (exact) mass is 389 g/mol. The molecule has 6 nitrogen and oxygen atoms in total. The van der Waals surface area contributed by atoms with Gasteiger partial charge < -0.3 is 15.5 Å². The topological polar surface area (TPSA) is 62.2 Å². The summed E-state index contributed by atoms with van der Waals surface area (Å²) in [6, 6.07) is 18.0. The second-order valence-corrected chi connectivity index (χ2v) is 7.43. The Morgan fingerprint density at radius 1 is 0.966 bits per heavy atom. The number of urea groups is 1. The molecule has 4 rings (SSSR count). The van der Waals surface area contributed by atoms with Crippen molar-refractivity contribution in [2.75, 3.05) is 23.3 Å². The van der Waals surface area contributed by atoms with Crippen molar-refractivity contribution < 1.29 is 4.79 Å². The minimum Gasteiger partial charge on any atom is -0.371 e. The SMILES string of the molecule is O=C(NCc1cccc(Cn2cccn2)c1)Nc1cccc(N2CCCCC2)c1. The van der Waals surface area contributed by atoms with Crippen molar-refractivity contribution in [2.24, 2.45) is 0 Å². The number of aromatic nitrogens is 2. The molecule has 1 aliphatic heterocycles. The number of carbonyl (C=O) groups is 1. The van der Waals surface area contributed by atoms with Crippen LogP contribution in [0.5, 0.6) is 0 Å². The first-order valence-corrected chi connectivity index (χ1v) is 10.2. The number of carbonyl (C=O) groups excluding carboxylic acids is 1. The van der Waals surface area contributed by atoms with E-state index in [4.69, 9.17) is 0 Å². The van der Waals surface area contributed by atoms with Gasteiger partial charge in [0.25, 0.3) is 0 Å².